The average molecular weight is 449 g/mol. The van der Waals surface area contributed by atoms with E-state index in [1.165, 1.54) is 28.6 Å². The van der Waals surface area contributed by atoms with Crippen molar-refractivity contribution in [3.05, 3.63) is 71.5 Å². The lowest BCUT2D eigenvalue weighted by atomic mass is 10.1. The van der Waals surface area contributed by atoms with Crippen LogP contribution in [0.2, 0.25) is 0 Å². The molecule has 0 saturated carbocycles. The smallest absolute Gasteiger partial charge is 0.252 e. The minimum Gasteiger partial charge on any atom is -0.436 e. The zero-order valence-corrected chi connectivity index (χ0v) is 19.6. The zero-order valence-electron chi connectivity index (χ0n) is 18.7. The lowest BCUT2D eigenvalue weighted by Gasteiger charge is -2.37. The van der Waals surface area contributed by atoms with Gasteiger partial charge in [-0.25, -0.2) is 9.97 Å². The van der Waals surface area contributed by atoms with Gasteiger partial charge in [-0.05, 0) is 49.6 Å². The predicted molar refractivity (Wildman–Crippen MR) is 129 cm³/mol. The number of rotatable bonds is 6. The molecule has 0 aliphatic carbocycles. The first kappa shape index (κ1) is 22.1. The molecule has 32 heavy (non-hydrogen) atoms. The number of aromatic nitrogens is 2. The van der Waals surface area contributed by atoms with Crippen LogP contribution in [0, 0.1) is 20.8 Å². The van der Waals surface area contributed by atoms with Crippen molar-refractivity contribution in [2.75, 3.05) is 36.8 Å². The second-order valence-corrected chi connectivity index (χ2v) is 8.94. The summed E-state index contributed by atoms with van der Waals surface area (Å²) in [7, 11) is 0. The van der Waals surface area contributed by atoms with Crippen molar-refractivity contribution in [3.8, 4) is 11.6 Å². The normalized spacial score (nSPS) is 13.8. The highest BCUT2D eigenvalue weighted by Crippen LogP contribution is 2.30. The summed E-state index contributed by atoms with van der Waals surface area (Å²) in [4.78, 5) is 25.9. The molecule has 1 aliphatic rings. The molecule has 1 amide bonds. The van der Waals surface area contributed by atoms with E-state index in [0.29, 0.717) is 16.7 Å². The van der Waals surface area contributed by atoms with Gasteiger partial charge < -0.3 is 14.5 Å². The molecular weight excluding hydrogens is 420 g/mol. The molecule has 6 nitrogen and oxygen atoms in total. The van der Waals surface area contributed by atoms with E-state index in [4.69, 9.17) is 4.74 Å². The minimum atomic E-state index is 0.114. The number of thioether (sulfide) groups is 1. The number of hydrogen-bond acceptors (Lipinski definition) is 6. The van der Waals surface area contributed by atoms with Crippen molar-refractivity contribution >= 4 is 23.4 Å². The summed E-state index contributed by atoms with van der Waals surface area (Å²) in [5.41, 5.74) is 4.82. The molecule has 0 N–H and O–H groups in total. The van der Waals surface area contributed by atoms with Gasteiger partial charge in [-0.2, -0.15) is 0 Å². The lowest BCUT2D eigenvalue weighted by Crippen LogP contribution is -2.49. The summed E-state index contributed by atoms with van der Waals surface area (Å²) in [6.45, 7) is 9.37. The van der Waals surface area contributed by atoms with Crippen LogP contribution in [-0.2, 0) is 4.79 Å². The second-order valence-electron chi connectivity index (χ2n) is 7.98. The lowest BCUT2D eigenvalue weighted by molar-refractivity contribution is -0.128. The van der Waals surface area contributed by atoms with E-state index in [2.05, 4.69) is 46.9 Å². The molecule has 2 heterocycles. The summed E-state index contributed by atoms with van der Waals surface area (Å²) in [6, 6.07) is 14.3. The number of carbonyl (C=O) groups excluding carboxylic acids is 1. The third-order valence-electron chi connectivity index (χ3n) is 5.60. The third kappa shape index (κ3) is 5.22. The van der Waals surface area contributed by atoms with Crippen LogP contribution in [0.15, 0.2) is 59.9 Å². The molecule has 1 fully saturated rings. The summed E-state index contributed by atoms with van der Waals surface area (Å²) in [5, 5.41) is 0.623. The van der Waals surface area contributed by atoms with Crippen molar-refractivity contribution in [3.63, 3.8) is 0 Å². The SMILES string of the molecule is Cc1ccc(C)c(N2CCN(C(=O)CSc3nccnc3Oc3ccccc3C)CC2)c1. The number of benzene rings is 2. The number of amides is 1. The Balaban J connectivity index is 1.34. The molecular formula is C25H28N4O2S. The van der Waals surface area contributed by atoms with Gasteiger partial charge >= 0.3 is 0 Å². The minimum absolute atomic E-state index is 0.114. The van der Waals surface area contributed by atoms with Gasteiger partial charge in [0, 0.05) is 44.3 Å². The largest absolute Gasteiger partial charge is 0.436 e. The molecule has 4 rings (SSSR count). The number of para-hydroxylation sites is 1. The highest BCUT2D eigenvalue weighted by molar-refractivity contribution is 8.00. The van der Waals surface area contributed by atoms with Gasteiger partial charge in [0.25, 0.3) is 5.88 Å². The molecule has 1 aliphatic heterocycles. The molecule has 1 aromatic heterocycles. The van der Waals surface area contributed by atoms with Gasteiger partial charge in [-0.1, -0.05) is 42.1 Å². The summed E-state index contributed by atoms with van der Waals surface area (Å²) >= 11 is 1.37. The maximum absolute atomic E-state index is 12.9. The molecule has 2 aromatic carbocycles. The highest BCUT2D eigenvalue weighted by Gasteiger charge is 2.23. The number of hydrogen-bond donors (Lipinski definition) is 0. The number of anilines is 1. The fourth-order valence-corrected chi connectivity index (χ4v) is 4.53. The van der Waals surface area contributed by atoms with Crippen LogP contribution in [0.3, 0.4) is 0 Å². The second kappa shape index (κ2) is 10.0. The first-order valence-electron chi connectivity index (χ1n) is 10.8. The molecule has 0 bridgehead atoms. The maximum Gasteiger partial charge on any atom is 0.252 e. The number of piperazine rings is 1. The summed E-state index contributed by atoms with van der Waals surface area (Å²) in [6.07, 6.45) is 3.23. The van der Waals surface area contributed by atoms with E-state index in [1.807, 2.05) is 36.1 Å². The molecule has 0 radical (unpaired) electrons. The van der Waals surface area contributed by atoms with Gasteiger partial charge in [0.05, 0.1) is 5.75 Å². The van der Waals surface area contributed by atoms with Crippen molar-refractivity contribution in [2.45, 2.75) is 25.8 Å². The Morgan fingerprint density at radius 3 is 2.50 bits per heavy atom. The predicted octanol–water partition coefficient (Wildman–Crippen LogP) is 4.64. The van der Waals surface area contributed by atoms with Crippen LogP contribution >= 0.6 is 11.8 Å². The molecule has 166 valence electrons. The Hall–Kier alpha value is -3.06. The van der Waals surface area contributed by atoms with E-state index >= 15 is 0 Å². The monoisotopic (exact) mass is 448 g/mol. The third-order valence-corrected chi connectivity index (χ3v) is 6.55. The zero-order chi connectivity index (χ0) is 22.5. The van der Waals surface area contributed by atoms with Crippen molar-refractivity contribution in [1.82, 2.24) is 14.9 Å². The first-order chi connectivity index (χ1) is 15.5. The van der Waals surface area contributed by atoms with Gasteiger partial charge in [0.1, 0.15) is 5.75 Å². The van der Waals surface area contributed by atoms with E-state index in [-0.39, 0.29) is 5.91 Å². The number of aryl methyl sites for hydroxylation is 3. The molecule has 0 atom stereocenters. The Morgan fingerprint density at radius 1 is 0.969 bits per heavy atom. The van der Waals surface area contributed by atoms with E-state index in [9.17, 15) is 4.79 Å². The fraction of sp³-hybridized carbons (Fsp3) is 0.320. The van der Waals surface area contributed by atoms with Crippen LogP contribution in [0.1, 0.15) is 16.7 Å². The molecule has 7 heteroatoms. The van der Waals surface area contributed by atoms with Crippen LogP contribution < -0.4 is 9.64 Å². The van der Waals surface area contributed by atoms with Crippen LogP contribution in [0.5, 0.6) is 11.6 Å². The molecule has 0 unspecified atom stereocenters. The average Bonchev–Trinajstić information content (AvgIpc) is 2.81. The van der Waals surface area contributed by atoms with E-state index in [1.54, 1.807) is 12.4 Å². The molecule has 0 spiro atoms. The number of carbonyl (C=O) groups is 1. The van der Waals surface area contributed by atoms with Gasteiger partial charge in [0.2, 0.25) is 5.91 Å². The Labute approximate surface area is 193 Å². The molecule has 1 saturated heterocycles. The van der Waals surface area contributed by atoms with Crippen LogP contribution in [0.4, 0.5) is 5.69 Å². The van der Waals surface area contributed by atoms with Gasteiger partial charge in [-0.15, -0.1) is 0 Å². The Morgan fingerprint density at radius 2 is 1.72 bits per heavy atom. The Kier molecular flexibility index (Phi) is 6.95. The van der Waals surface area contributed by atoms with Gasteiger partial charge in [0.15, 0.2) is 5.03 Å². The van der Waals surface area contributed by atoms with E-state index < -0.39 is 0 Å². The van der Waals surface area contributed by atoms with Gasteiger partial charge in [-0.3, -0.25) is 4.79 Å². The number of nitrogens with zero attached hydrogens (tertiary/aromatic N) is 4. The topological polar surface area (TPSA) is 58.6 Å². The number of ether oxygens (including phenoxy) is 1. The van der Waals surface area contributed by atoms with Crippen molar-refractivity contribution in [1.29, 1.82) is 0 Å². The molecule has 3 aromatic rings. The quantitative estimate of drug-likeness (QED) is 0.512. The fourth-order valence-electron chi connectivity index (χ4n) is 3.73. The first-order valence-corrected chi connectivity index (χ1v) is 11.8. The standard InChI is InChI=1S/C25H28N4O2S/c1-18-8-9-19(2)21(16-18)28-12-14-29(15-13-28)23(30)17-32-25-24(26-10-11-27-25)31-22-7-5-4-6-20(22)3/h4-11,16H,12-15,17H2,1-3H3. The highest BCUT2D eigenvalue weighted by atomic mass is 32.2. The summed E-state index contributed by atoms with van der Waals surface area (Å²) in [5.74, 6) is 1.60. The van der Waals surface area contributed by atoms with Crippen LogP contribution in [-0.4, -0.2) is 52.7 Å². The van der Waals surface area contributed by atoms with Crippen molar-refractivity contribution < 1.29 is 9.53 Å². The summed E-state index contributed by atoms with van der Waals surface area (Å²) < 4.78 is 5.98. The maximum atomic E-state index is 12.9. The Bertz CT molecular complexity index is 1100. The van der Waals surface area contributed by atoms with Crippen LogP contribution in [0.25, 0.3) is 0 Å². The van der Waals surface area contributed by atoms with E-state index in [0.717, 1.165) is 37.5 Å². The van der Waals surface area contributed by atoms with Crippen molar-refractivity contribution in [2.24, 2.45) is 0 Å².